The number of amides is 1. The summed E-state index contributed by atoms with van der Waals surface area (Å²) in [4.78, 5) is 18.6. The minimum Gasteiger partial charge on any atom is -0.489 e. The van der Waals surface area contributed by atoms with Crippen molar-refractivity contribution in [3.63, 3.8) is 0 Å². The molecular weight excluding hydrogens is 346 g/mol. The maximum atomic E-state index is 12.7. The van der Waals surface area contributed by atoms with Gasteiger partial charge in [0.2, 0.25) is 0 Å². The Kier molecular flexibility index (Phi) is 4.62. The van der Waals surface area contributed by atoms with Crippen molar-refractivity contribution in [3.05, 3.63) is 48.2 Å². The fourth-order valence-corrected chi connectivity index (χ4v) is 3.19. The van der Waals surface area contributed by atoms with Crippen LogP contribution < -0.4 is 4.74 Å². The summed E-state index contributed by atoms with van der Waals surface area (Å²) in [6.07, 6.45) is 6.76. The number of aromatic nitrogens is 4. The maximum absolute atomic E-state index is 12.7. The van der Waals surface area contributed by atoms with Crippen LogP contribution in [0.5, 0.6) is 5.75 Å². The SMILES string of the molecule is Cc1c(-c2cc(C(=O)N3CCC(Oc4cccnc4)CC3)no2)cnn1C. The van der Waals surface area contributed by atoms with E-state index in [1.54, 1.807) is 34.2 Å². The minimum absolute atomic E-state index is 0.0872. The van der Waals surface area contributed by atoms with Gasteiger partial charge in [0.1, 0.15) is 11.9 Å². The predicted octanol–water partition coefficient (Wildman–Crippen LogP) is 2.46. The van der Waals surface area contributed by atoms with E-state index in [0.717, 1.165) is 29.8 Å². The Balaban J connectivity index is 1.38. The Morgan fingerprint density at radius 3 is 2.78 bits per heavy atom. The first kappa shape index (κ1) is 17.3. The zero-order chi connectivity index (χ0) is 18.8. The van der Waals surface area contributed by atoms with E-state index in [1.165, 1.54) is 0 Å². The summed E-state index contributed by atoms with van der Waals surface area (Å²) < 4.78 is 13.1. The molecule has 0 atom stereocenters. The zero-order valence-corrected chi connectivity index (χ0v) is 15.3. The third kappa shape index (κ3) is 3.55. The van der Waals surface area contributed by atoms with E-state index in [2.05, 4.69) is 15.2 Å². The second-order valence-corrected chi connectivity index (χ2v) is 6.64. The molecule has 27 heavy (non-hydrogen) atoms. The molecule has 8 heteroatoms. The molecule has 0 unspecified atom stereocenters. The molecule has 0 aliphatic carbocycles. The van der Waals surface area contributed by atoms with Gasteiger partial charge in [0.15, 0.2) is 11.5 Å². The molecule has 0 radical (unpaired) electrons. The average molecular weight is 367 g/mol. The third-order valence-electron chi connectivity index (χ3n) is 4.90. The second kappa shape index (κ2) is 7.22. The first-order chi connectivity index (χ1) is 13.1. The molecule has 8 nitrogen and oxygen atoms in total. The zero-order valence-electron chi connectivity index (χ0n) is 15.3. The lowest BCUT2D eigenvalue weighted by Crippen LogP contribution is -2.41. The third-order valence-corrected chi connectivity index (χ3v) is 4.90. The van der Waals surface area contributed by atoms with Crippen molar-refractivity contribution < 1.29 is 14.1 Å². The molecule has 0 spiro atoms. The molecule has 3 aromatic rings. The quantitative estimate of drug-likeness (QED) is 0.704. The molecule has 4 heterocycles. The molecule has 3 aromatic heterocycles. The highest BCUT2D eigenvalue weighted by molar-refractivity contribution is 5.93. The first-order valence-corrected chi connectivity index (χ1v) is 8.93. The highest BCUT2D eigenvalue weighted by atomic mass is 16.5. The Morgan fingerprint density at radius 1 is 1.30 bits per heavy atom. The molecule has 140 valence electrons. The lowest BCUT2D eigenvalue weighted by molar-refractivity contribution is 0.0585. The van der Waals surface area contributed by atoms with Gasteiger partial charge < -0.3 is 14.2 Å². The van der Waals surface area contributed by atoms with Gasteiger partial charge in [-0.2, -0.15) is 5.10 Å². The largest absolute Gasteiger partial charge is 0.489 e. The molecular formula is C19H21N5O3. The van der Waals surface area contributed by atoms with Gasteiger partial charge in [0.05, 0.1) is 18.0 Å². The van der Waals surface area contributed by atoms with Crippen LogP contribution in [0.15, 0.2) is 41.3 Å². The topological polar surface area (TPSA) is 86.3 Å². The number of ether oxygens (including phenoxy) is 1. The lowest BCUT2D eigenvalue weighted by atomic mass is 10.1. The van der Waals surface area contributed by atoms with Gasteiger partial charge >= 0.3 is 0 Å². The van der Waals surface area contributed by atoms with Crippen molar-refractivity contribution in [3.8, 4) is 17.1 Å². The summed E-state index contributed by atoms with van der Waals surface area (Å²) in [6, 6.07) is 5.42. The summed E-state index contributed by atoms with van der Waals surface area (Å²) in [5.74, 6) is 1.19. The fourth-order valence-electron chi connectivity index (χ4n) is 3.19. The van der Waals surface area contributed by atoms with Crippen LogP contribution in [0.3, 0.4) is 0 Å². The second-order valence-electron chi connectivity index (χ2n) is 6.64. The number of pyridine rings is 1. The van der Waals surface area contributed by atoms with Crippen LogP contribution in [0, 0.1) is 6.92 Å². The Labute approximate surface area is 156 Å². The number of likely N-dealkylation sites (tertiary alicyclic amines) is 1. The molecule has 1 amide bonds. The number of hydrogen-bond donors (Lipinski definition) is 0. The maximum Gasteiger partial charge on any atom is 0.276 e. The van der Waals surface area contributed by atoms with Crippen LogP contribution in [0.1, 0.15) is 29.0 Å². The molecule has 1 aliphatic rings. The number of rotatable bonds is 4. The van der Waals surface area contributed by atoms with E-state index < -0.39 is 0 Å². The number of aryl methyl sites for hydroxylation is 1. The van der Waals surface area contributed by atoms with Crippen molar-refractivity contribution in [2.45, 2.75) is 25.9 Å². The summed E-state index contributed by atoms with van der Waals surface area (Å²) in [5.41, 5.74) is 2.12. The number of nitrogens with zero attached hydrogens (tertiary/aromatic N) is 5. The number of piperidine rings is 1. The normalized spacial score (nSPS) is 15.1. The molecule has 0 saturated carbocycles. The van der Waals surface area contributed by atoms with Crippen molar-refractivity contribution >= 4 is 5.91 Å². The Bertz CT molecular complexity index is 926. The number of hydrogen-bond acceptors (Lipinski definition) is 6. The first-order valence-electron chi connectivity index (χ1n) is 8.93. The fraction of sp³-hybridized carbons (Fsp3) is 0.368. The highest BCUT2D eigenvalue weighted by Gasteiger charge is 2.27. The van der Waals surface area contributed by atoms with Crippen LogP contribution in [0.2, 0.25) is 0 Å². The van der Waals surface area contributed by atoms with Gasteiger partial charge in [-0.25, -0.2) is 0 Å². The van der Waals surface area contributed by atoms with Gasteiger partial charge in [-0.15, -0.1) is 0 Å². The van der Waals surface area contributed by atoms with Crippen LogP contribution >= 0.6 is 0 Å². The summed E-state index contributed by atoms with van der Waals surface area (Å²) in [6.45, 7) is 3.19. The van der Waals surface area contributed by atoms with E-state index in [9.17, 15) is 4.79 Å². The molecule has 0 bridgehead atoms. The van der Waals surface area contributed by atoms with E-state index in [0.29, 0.717) is 24.5 Å². The smallest absolute Gasteiger partial charge is 0.276 e. The van der Waals surface area contributed by atoms with E-state index in [-0.39, 0.29) is 12.0 Å². The average Bonchev–Trinajstić information content (AvgIpc) is 3.30. The van der Waals surface area contributed by atoms with E-state index in [1.807, 2.05) is 26.1 Å². The van der Waals surface area contributed by atoms with Crippen LogP contribution in [0.4, 0.5) is 0 Å². The molecule has 1 fully saturated rings. The predicted molar refractivity (Wildman–Crippen MR) is 97.2 cm³/mol. The van der Waals surface area contributed by atoms with Crippen molar-refractivity contribution in [1.29, 1.82) is 0 Å². The van der Waals surface area contributed by atoms with Gasteiger partial charge in [0, 0.05) is 50.9 Å². The summed E-state index contributed by atoms with van der Waals surface area (Å²) in [5, 5.41) is 8.16. The standard InChI is InChI=1S/C19H21N5O3/c1-13-16(12-21-23(13)2)18-10-17(22-27-18)19(25)24-8-5-14(6-9-24)26-15-4-3-7-20-11-15/h3-4,7,10-12,14H,5-6,8-9H2,1-2H3. The highest BCUT2D eigenvalue weighted by Crippen LogP contribution is 2.25. The van der Waals surface area contributed by atoms with Crippen molar-refractivity contribution in [1.82, 2.24) is 24.8 Å². The monoisotopic (exact) mass is 367 g/mol. The molecule has 0 aromatic carbocycles. The molecule has 1 saturated heterocycles. The Hall–Kier alpha value is -3.16. The van der Waals surface area contributed by atoms with Crippen LogP contribution in [0.25, 0.3) is 11.3 Å². The van der Waals surface area contributed by atoms with Gasteiger partial charge in [-0.1, -0.05) is 5.16 Å². The van der Waals surface area contributed by atoms with Gasteiger partial charge in [-0.3, -0.25) is 14.5 Å². The van der Waals surface area contributed by atoms with Gasteiger partial charge in [0.25, 0.3) is 5.91 Å². The van der Waals surface area contributed by atoms with Crippen molar-refractivity contribution in [2.24, 2.45) is 7.05 Å². The van der Waals surface area contributed by atoms with E-state index in [4.69, 9.17) is 9.26 Å². The minimum atomic E-state index is -0.119. The van der Waals surface area contributed by atoms with Gasteiger partial charge in [-0.05, 0) is 19.1 Å². The molecule has 0 N–H and O–H groups in total. The molecule has 4 rings (SSSR count). The summed E-state index contributed by atoms with van der Waals surface area (Å²) >= 11 is 0. The lowest BCUT2D eigenvalue weighted by Gasteiger charge is -2.31. The van der Waals surface area contributed by atoms with Crippen LogP contribution in [-0.4, -0.2) is 49.9 Å². The van der Waals surface area contributed by atoms with E-state index >= 15 is 0 Å². The van der Waals surface area contributed by atoms with Crippen LogP contribution in [-0.2, 0) is 7.05 Å². The van der Waals surface area contributed by atoms with Crippen molar-refractivity contribution in [2.75, 3.05) is 13.1 Å². The number of carbonyl (C=O) groups is 1. The molecule has 1 aliphatic heterocycles. The summed E-state index contributed by atoms with van der Waals surface area (Å²) in [7, 11) is 1.86. The number of carbonyl (C=O) groups excluding carboxylic acids is 1. The Morgan fingerprint density at radius 2 is 2.11 bits per heavy atom.